The first kappa shape index (κ1) is 13.0. The van der Waals surface area contributed by atoms with Gasteiger partial charge in [0, 0.05) is 12.6 Å². The Labute approximate surface area is 113 Å². The van der Waals surface area contributed by atoms with E-state index in [1.54, 1.807) is 0 Å². The van der Waals surface area contributed by atoms with Crippen molar-refractivity contribution in [2.24, 2.45) is 22.2 Å². The van der Waals surface area contributed by atoms with E-state index in [0.717, 1.165) is 12.0 Å². The van der Waals surface area contributed by atoms with Gasteiger partial charge < -0.3 is 5.32 Å². The molecule has 0 amide bonds. The van der Waals surface area contributed by atoms with Crippen molar-refractivity contribution in [1.82, 2.24) is 5.32 Å². The first-order chi connectivity index (χ1) is 8.42. The Morgan fingerprint density at radius 1 is 1.11 bits per heavy atom. The van der Waals surface area contributed by atoms with E-state index >= 15 is 0 Å². The van der Waals surface area contributed by atoms with E-state index in [-0.39, 0.29) is 0 Å². The van der Waals surface area contributed by atoms with E-state index in [1.807, 2.05) is 0 Å². The molecule has 1 N–H and O–H groups in total. The van der Waals surface area contributed by atoms with Crippen LogP contribution in [0.4, 0.5) is 0 Å². The average molecular weight is 249 g/mol. The van der Waals surface area contributed by atoms with Gasteiger partial charge in [-0.1, -0.05) is 34.1 Å². The predicted octanol–water partition coefficient (Wildman–Crippen LogP) is 4.37. The summed E-state index contributed by atoms with van der Waals surface area (Å²) in [6, 6.07) is 0.762. The molecule has 0 saturated heterocycles. The second kappa shape index (κ2) is 3.98. The van der Waals surface area contributed by atoms with E-state index in [4.69, 9.17) is 0 Å². The van der Waals surface area contributed by atoms with Crippen molar-refractivity contribution in [2.45, 2.75) is 78.7 Å². The molecule has 3 rings (SSSR count). The van der Waals surface area contributed by atoms with Crippen molar-refractivity contribution >= 4 is 0 Å². The van der Waals surface area contributed by atoms with Crippen LogP contribution in [0, 0.1) is 22.2 Å². The highest BCUT2D eigenvalue weighted by molar-refractivity contribution is 5.12. The van der Waals surface area contributed by atoms with Crippen LogP contribution in [0.15, 0.2) is 0 Å². The highest BCUT2D eigenvalue weighted by Crippen LogP contribution is 2.62. The van der Waals surface area contributed by atoms with Crippen LogP contribution in [0.1, 0.15) is 72.6 Å². The van der Waals surface area contributed by atoms with Crippen LogP contribution < -0.4 is 5.32 Å². The normalized spacial score (nSPS) is 43.3. The molecule has 3 atom stereocenters. The van der Waals surface area contributed by atoms with Crippen molar-refractivity contribution < 1.29 is 0 Å². The molecular formula is C17H31N. The SMILES string of the molecule is CCCC1(CNC2C(C)(C)[C@H]3CC[C@]2(C)C3)CC1. The van der Waals surface area contributed by atoms with E-state index in [2.05, 4.69) is 33.0 Å². The average Bonchev–Trinajstić information content (AvgIpc) is 2.87. The maximum atomic E-state index is 4.03. The van der Waals surface area contributed by atoms with Crippen LogP contribution in [-0.4, -0.2) is 12.6 Å². The molecular weight excluding hydrogens is 218 g/mol. The van der Waals surface area contributed by atoms with E-state index in [1.165, 1.54) is 51.5 Å². The Kier molecular flexibility index (Phi) is 2.86. The third-order valence-electron chi connectivity index (χ3n) is 6.69. The van der Waals surface area contributed by atoms with Gasteiger partial charge in [0.2, 0.25) is 0 Å². The molecule has 3 aliphatic rings. The third-order valence-corrected chi connectivity index (χ3v) is 6.69. The lowest BCUT2D eigenvalue weighted by atomic mass is 9.68. The summed E-state index contributed by atoms with van der Waals surface area (Å²) in [5.74, 6) is 0.973. The van der Waals surface area contributed by atoms with Gasteiger partial charge in [0.1, 0.15) is 0 Å². The highest BCUT2D eigenvalue weighted by Gasteiger charge is 2.59. The lowest BCUT2D eigenvalue weighted by Crippen LogP contribution is -2.51. The first-order valence-corrected chi connectivity index (χ1v) is 8.15. The van der Waals surface area contributed by atoms with Crippen LogP contribution in [0.25, 0.3) is 0 Å². The number of fused-ring (bicyclic) bond motifs is 2. The Morgan fingerprint density at radius 3 is 2.33 bits per heavy atom. The summed E-state index contributed by atoms with van der Waals surface area (Å²) in [6.07, 6.45) is 10.1. The van der Waals surface area contributed by atoms with Gasteiger partial charge in [-0.05, 0) is 60.7 Å². The first-order valence-electron chi connectivity index (χ1n) is 8.15. The van der Waals surface area contributed by atoms with Gasteiger partial charge in [-0.3, -0.25) is 0 Å². The Morgan fingerprint density at radius 2 is 1.83 bits per heavy atom. The molecule has 1 unspecified atom stereocenters. The zero-order valence-electron chi connectivity index (χ0n) is 12.8. The van der Waals surface area contributed by atoms with Crippen LogP contribution >= 0.6 is 0 Å². The molecule has 0 aromatic heterocycles. The van der Waals surface area contributed by atoms with Gasteiger partial charge in [-0.15, -0.1) is 0 Å². The zero-order valence-corrected chi connectivity index (χ0v) is 12.8. The third kappa shape index (κ3) is 1.85. The topological polar surface area (TPSA) is 12.0 Å². The van der Waals surface area contributed by atoms with Crippen LogP contribution in [0.2, 0.25) is 0 Å². The van der Waals surface area contributed by atoms with Crippen molar-refractivity contribution in [2.75, 3.05) is 6.54 Å². The maximum absolute atomic E-state index is 4.03. The molecule has 18 heavy (non-hydrogen) atoms. The van der Waals surface area contributed by atoms with Crippen molar-refractivity contribution in [3.05, 3.63) is 0 Å². The molecule has 0 spiro atoms. The summed E-state index contributed by atoms with van der Waals surface area (Å²) in [6.45, 7) is 11.2. The molecule has 2 bridgehead atoms. The molecule has 3 aliphatic carbocycles. The van der Waals surface area contributed by atoms with Crippen molar-refractivity contribution in [1.29, 1.82) is 0 Å². The fraction of sp³-hybridized carbons (Fsp3) is 1.00. The zero-order chi connectivity index (χ0) is 13.0. The van der Waals surface area contributed by atoms with E-state index in [9.17, 15) is 0 Å². The molecule has 0 aromatic rings. The molecule has 104 valence electrons. The van der Waals surface area contributed by atoms with Crippen LogP contribution in [0.3, 0.4) is 0 Å². The van der Waals surface area contributed by atoms with Crippen molar-refractivity contribution in [3.8, 4) is 0 Å². The molecule has 1 heteroatoms. The summed E-state index contributed by atoms with van der Waals surface area (Å²) in [7, 11) is 0. The van der Waals surface area contributed by atoms with Gasteiger partial charge >= 0.3 is 0 Å². The van der Waals surface area contributed by atoms with Gasteiger partial charge in [0.15, 0.2) is 0 Å². The van der Waals surface area contributed by atoms with Gasteiger partial charge in [0.05, 0.1) is 0 Å². The highest BCUT2D eigenvalue weighted by atomic mass is 15.0. The van der Waals surface area contributed by atoms with E-state index < -0.39 is 0 Å². The van der Waals surface area contributed by atoms with Crippen LogP contribution in [0.5, 0.6) is 0 Å². The summed E-state index contributed by atoms with van der Waals surface area (Å²) in [4.78, 5) is 0. The summed E-state index contributed by atoms with van der Waals surface area (Å²) in [5.41, 5.74) is 1.81. The smallest absolute Gasteiger partial charge is 0.0175 e. The van der Waals surface area contributed by atoms with Gasteiger partial charge in [-0.25, -0.2) is 0 Å². The summed E-state index contributed by atoms with van der Waals surface area (Å²) >= 11 is 0. The minimum Gasteiger partial charge on any atom is -0.312 e. The van der Waals surface area contributed by atoms with E-state index in [0.29, 0.717) is 16.2 Å². The fourth-order valence-corrected chi connectivity index (χ4v) is 5.35. The minimum absolute atomic E-state index is 0.523. The monoisotopic (exact) mass is 249 g/mol. The van der Waals surface area contributed by atoms with Crippen LogP contribution in [-0.2, 0) is 0 Å². The summed E-state index contributed by atoms with van der Waals surface area (Å²) < 4.78 is 0. The Hall–Kier alpha value is -0.0400. The molecule has 0 aromatic carbocycles. The number of hydrogen-bond acceptors (Lipinski definition) is 1. The maximum Gasteiger partial charge on any atom is 0.0175 e. The second-order valence-corrected chi connectivity index (χ2v) is 8.48. The number of nitrogens with one attached hydrogen (secondary N) is 1. The fourth-order valence-electron chi connectivity index (χ4n) is 5.35. The minimum atomic E-state index is 0.523. The molecule has 0 heterocycles. The van der Waals surface area contributed by atoms with Gasteiger partial charge in [-0.2, -0.15) is 0 Å². The largest absolute Gasteiger partial charge is 0.312 e. The summed E-state index contributed by atoms with van der Waals surface area (Å²) in [5, 5.41) is 4.03. The van der Waals surface area contributed by atoms with Gasteiger partial charge in [0.25, 0.3) is 0 Å². The molecule has 0 aliphatic heterocycles. The Balaban J connectivity index is 1.66. The standard InChI is InChI=1S/C17H31N/c1-5-7-17(9-10-17)12-18-14-15(2,3)13-6-8-16(14,4)11-13/h13-14,18H,5-12H2,1-4H3/t13-,14?,16+/m0/s1. The second-order valence-electron chi connectivity index (χ2n) is 8.48. The molecule has 3 fully saturated rings. The lowest BCUT2D eigenvalue weighted by Gasteiger charge is -2.44. The predicted molar refractivity (Wildman–Crippen MR) is 77.6 cm³/mol. The number of hydrogen-bond donors (Lipinski definition) is 1. The lowest BCUT2D eigenvalue weighted by molar-refractivity contribution is 0.103. The Bertz CT molecular complexity index is 324. The van der Waals surface area contributed by atoms with Crippen molar-refractivity contribution in [3.63, 3.8) is 0 Å². The molecule has 0 radical (unpaired) electrons. The molecule has 1 nitrogen and oxygen atoms in total. The number of rotatable bonds is 5. The molecule has 3 saturated carbocycles. The quantitative estimate of drug-likeness (QED) is 0.763.